The van der Waals surface area contributed by atoms with Crippen LogP contribution in [0.25, 0.3) is 0 Å². The van der Waals surface area contributed by atoms with E-state index in [1.54, 1.807) is 6.20 Å². The molecular formula is C10H14ClN3O2W. The summed E-state index contributed by atoms with van der Waals surface area (Å²) in [6.45, 7) is 4.68. The van der Waals surface area contributed by atoms with Gasteiger partial charge in [0.05, 0.1) is 13.2 Å². The van der Waals surface area contributed by atoms with Crippen molar-refractivity contribution >= 4 is 23.7 Å². The molecule has 2 heterocycles. The maximum atomic E-state index is 8.81. The van der Waals surface area contributed by atoms with Crippen LogP contribution in [0.3, 0.4) is 0 Å². The number of carbonyl (C=O) groups excluding carboxylic acids is 1. The van der Waals surface area contributed by atoms with E-state index in [2.05, 4.69) is 14.9 Å². The van der Waals surface area contributed by atoms with Crippen molar-refractivity contribution in [2.24, 2.45) is 0 Å². The van der Waals surface area contributed by atoms with Gasteiger partial charge in [-0.2, -0.15) is 0 Å². The van der Waals surface area contributed by atoms with Crippen molar-refractivity contribution in [3.63, 3.8) is 0 Å². The zero-order valence-electron chi connectivity index (χ0n) is 9.50. The quantitative estimate of drug-likeness (QED) is 0.498. The molecule has 2 rings (SSSR count). The fraction of sp³-hybridized carbons (Fsp3) is 0.500. The van der Waals surface area contributed by atoms with Crippen LogP contribution < -0.4 is 4.90 Å². The van der Waals surface area contributed by atoms with Crippen molar-refractivity contribution in [1.82, 2.24) is 9.97 Å². The standard InChI is InChI=1S/C8H10ClN3O.C2H4O.W/c9-8-10-2-1-7(11-8)12-3-5-13-6-4-12;1-2-3;/h1-2H,3-6H2;2H,1H3;. The second-order valence-electron chi connectivity index (χ2n) is 3.02. The molecule has 0 amide bonds. The predicted molar refractivity (Wildman–Crippen MR) is 61.8 cm³/mol. The van der Waals surface area contributed by atoms with Gasteiger partial charge in [0, 0.05) is 40.4 Å². The Hall–Kier alpha value is -0.512. The first-order valence-corrected chi connectivity index (χ1v) is 5.36. The third-order valence-electron chi connectivity index (χ3n) is 1.95. The molecule has 0 aliphatic carbocycles. The topological polar surface area (TPSA) is 55.3 Å². The summed E-state index contributed by atoms with van der Waals surface area (Å²) in [4.78, 5) is 18.9. The van der Waals surface area contributed by atoms with Gasteiger partial charge >= 0.3 is 0 Å². The Labute approximate surface area is 120 Å². The Morgan fingerprint density at radius 1 is 1.47 bits per heavy atom. The SMILES string of the molecule is CC=O.Clc1nccc(N2CCOCC2)n1.[W]. The molecule has 17 heavy (non-hydrogen) atoms. The number of hydrogen-bond acceptors (Lipinski definition) is 5. The molecule has 0 radical (unpaired) electrons. The van der Waals surface area contributed by atoms with Gasteiger partial charge in [-0.15, -0.1) is 0 Å². The molecule has 0 bridgehead atoms. The molecule has 1 aliphatic heterocycles. The van der Waals surface area contributed by atoms with Crippen LogP contribution in [0.4, 0.5) is 5.82 Å². The van der Waals surface area contributed by atoms with Crippen LogP contribution in [0.2, 0.25) is 5.28 Å². The maximum Gasteiger partial charge on any atom is 0.224 e. The van der Waals surface area contributed by atoms with E-state index in [4.69, 9.17) is 21.1 Å². The summed E-state index contributed by atoms with van der Waals surface area (Å²) < 4.78 is 5.23. The van der Waals surface area contributed by atoms with Crippen LogP contribution in [0.5, 0.6) is 0 Å². The van der Waals surface area contributed by atoms with Gasteiger partial charge in [0.1, 0.15) is 12.1 Å². The molecule has 1 aliphatic rings. The molecule has 94 valence electrons. The Kier molecular flexibility index (Phi) is 9.23. The van der Waals surface area contributed by atoms with Crippen molar-refractivity contribution in [3.8, 4) is 0 Å². The number of ether oxygens (including phenoxy) is 1. The minimum Gasteiger partial charge on any atom is -0.378 e. The van der Waals surface area contributed by atoms with E-state index < -0.39 is 0 Å². The van der Waals surface area contributed by atoms with Gasteiger partial charge in [0.25, 0.3) is 0 Å². The smallest absolute Gasteiger partial charge is 0.224 e. The second-order valence-corrected chi connectivity index (χ2v) is 3.36. The molecule has 0 atom stereocenters. The maximum absolute atomic E-state index is 8.81. The van der Waals surface area contributed by atoms with Gasteiger partial charge in [-0.1, -0.05) is 0 Å². The van der Waals surface area contributed by atoms with Crippen molar-refractivity contribution in [1.29, 1.82) is 0 Å². The summed E-state index contributed by atoms with van der Waals surface area (Å²) >= 11 is 5.68. The Morgan fingerprint density at radius 3 is 2.59 bits per heavy atom. The van der Waals surface area contributed by atoms with Gasteiger partial charge in [-0.3, -0.25) is 0 Å². The van der Waals surface area contributed by atoms with Crippen molar-refractivity contribution in [2.45, 2.75) is 6.92 Å². The number of hydrogen-bond donors (Lipinski definition) is 0. The van der Waals surface area contributed by atoms with E-state index >= 15 is 0 Å². The second kappa shape index (κ2) is 9.51. The summed E-state index contributed by atoms with van der Waals surface area (Å²) in [7, 11) is 0. The molecule has 1 aromatic heterocycles. The van der Waals surface area contributed by atoms with Crippen molar-refractivity contribution in [3.05, 3.63) is 17.5 Å². The van der Waals surface area contributed by atoms with E-state index in [1.165, 1.54) is 6.92 Å². The largest absolute Gasteiger partial charge is 0.378 e. The van der Waals surface area contributed by atoms with Gasteiger partial charge in [0.15, 0.2) is 0 Å². The zero-order chi connectivity index (χ0) is 11.8. The first-order chi connectivity index (χ1) is 7.77. The molecule has 0 aromatic carbocycles. The summed E-state index contributed by atoms with van der Waals surface area (Å²) in [6, 6.07) is 1.86. The third kappa shape index (κ3) is 6.10. The molecular weight excluding hydrogens is 413 g/mol. The Bertz CT molecular complexity index is 335. The number of aldehydes is 1. The average Bonchev–Trinajstić information content (AvgIpc) is 2.31. The Morgan fingerprint density at radius 2 is 2.06 bits per heavy atom. The molecule has 1 aromatic rings. The van der Waals surface area contributed by atoms with E-state index in [-0.39, 0.29) is 21.1 Å². The predicted octanol–water partition coefficient (Wildman–Crippen LogP) is 1.17. The molecule has 1 saturated heterocycles. The van der Waals surface area contributed by atoms with Gasteiger partial charge < -0.3 is 14.4 Å². The summed E-state index contributed by atoms with van der Waals surface area (Å²) in [5, 5.41) is 0.295. The summed E-state index contributed by atoms with van der Waals surface area (Å²) in [5.74, 6) is 0.878. The van der Waals surface area contributed by atoms with Crippen LogP contribution in [-0.2, 0) is 30.6 Å². The number of carbonyl (C=O) groups is 1. The van der Waals surface area contributed by atoms with Crippen LogP contribution in [-0.4, -0.2) is 42.6 Å². The Balaban J connectivity index is 0.000000583. The van der Waals surface area contributed by atoms with Crippen LogP contribution in [0.15, 0.2) is 12.3 Å². The number of morpholine rings is 1. The number of nitrogens with zero attached hydrogens (tertiary/aromatic N) is 3. The van der Waals surface area contributed by atoms with Crippen molar-refractivity contribution in [2.75, 3.05) is 31.2 Å². The molecule has 0 spiro atoms. The molecule has 0 saturated carbocycles. The van der Waals surface area contributed by atoms with Gasteiger partial charge in [0.2, 0.25) is 5.28 Å². The zero-order valence-corrected chi connectivity index (χ0v) is 13.2. The third-order valence-corrected chi connectivity index (χ3v) is 2.13. The first-order valence-electron chi connectivity index (χ1n) is 4.99. The summed E-state index contributed by atoms with van der Waals surface area (Å²) in [6.07, 6.45) is 2.42. The minimum absolute atomic E-state index is 0. The number of rotatable bonds is 1. The minimum atomic E-state index is 0. The summed E-state index contributed by atoms with van der Waals surface area (Å²) in [5.41, 5.74) is 0. The molecule has 0 N–H and O–H groups in total. The fourth-order valence-corrected chi connectivity index (χ4v) is 1.44. The van der Waals surface area contributed by atoms with Crippen LogP contribution in [0, 0.1) is 0 Å². The van der Waals surface area contributed by atoms with E-state index in [1.807, 2.05) is 6.07 Å². The molecule has 5 nitrogen and oxygen atoms in total. The van der Waals surface area contributed by atoms with E-state index in [9.17, 15) is 0 Å². The average molecular weight is 428 g/mol. The molecule has 0 unspecified atom stereocenters. The number of aromatic nitrogens is 2. The van der Waals surface area contributed by atoms with Crippen LogP contribution >= 0.6 is 11.6 Å². The van der Waals surface area contributed by atoms with E-state index in [0.717, 1.165) is 38.4 Å². The number of anilines is 1. The van der Waals surface area contributed by atoms with Gasteiger partial charge in [-0.05, 0) is 24.6 Å². The fourth-order valence-electron chi connectivity index (χ4n) is 1.29. The monoisotopic (exact) mass is 427 g/mol. The molecule has 7 heteroatoms. The van der Waals surface area contributed by atoms with E-state index in [0.29, 0.717) is 5.28 Å². The van der Waals surface area contributed by atoms with Crippen LogP contribution in [0.1, 0.15) is 6.92 Å². The first kappa shape index (κ1) is 16.5. The van der Waals surface area contributed by atoms with Gasteiger partial charge in [-0.25, -0.2) is 9.97 Å². The van der Waals surface area contributed by atoms with Crippen molar-refractivity contribution < 1.29 is 30.6 Å². The normalized spacial score (nSPS) is 14.1. The molecule has 1 fully saturated rings. The number of halogens is 1.